The lowest BCUT2D eigenvalue weighted by Gasteiger charge is -2.21. The number of hydrogen-bond donors (Lipinski definition) is 0. The third-order valence-electron chi connectivity index (χ3n) is 7.80. The van der Waals surface area contributed by atoms with Crippen LogP contribution in [0, 0.1) is 64.0 Å². The van der Waals surface area contributed by atoms with E-state index in [2.05, 4.69) is 0 Å². The highest BCUT2D eigenvalue weighted by atomic mass is 19.2. The number of benzene rings is 6. The first-order valence-corrected chi connectivity index (χ1v) is 13.7. The van der Waals surface area contributed by atoms with Gasteiger partial charge in [0.15, 0.2) is 46.5 Å². The third kappa shape index (κ3) is 4.67. The molecule has 0 saturated heterocycles. The van der Waals surface area contributed by atoms with Crippen LogP contribution < -0.4 is 14.0 Å². The van der Waals surface area contributed by atoms with Gasteiger partial charge in [-0.2, -0.15) is 4.39 Å². The van der Waals surface area contributed by atoms with Gasteiger partial charge in [0.05, 0.1) is 10.8 Å². The molecule has 1 aliphatic carbocycles. The maximum Gasteiger partial charge on any atom is 0.864 e. The molecule has 6 aromatic rings. The van der Waals surface area contributed by atoms with Crippen molar-refractivity contribution in [3.63, 3.8) is 0 Å². The highest BCUT2D eigenvalue weighted by Crippen LogP contribution is 2.47. The standard InChI is InChI=1S/C33H12BF11O3/c35-16-5-1-3-12-11-15-24(21(12)16)28(41)31(44)32(45)33(15)48-34(46-19-10-9-17(36)22-13(19)7-8-18(37)26(22)39)47-20-6-2-4-14-23(20)27(40)30(43)29(42)25(14)38/h1-10H,11H2. The summed E-state index contributed by atoms with van der Waals surface area (Å²) in [5.41, 5.74) is -1.46. The summed E-state index contributed by atoms with van der Waals surface area (Å²) < 4.78 is 178. The van der Waals surface area contributed by atoms with Crippen LogP contribution in [0.25, 0.3) is 32.7 Å². The van der Waals surface area contributed by atoms with Crippen molar-refractivity contribution in [1.82, 2.24) is 0 Å². The topological polar surface area (TPSA) is 27.7 Å². The molecule has 0 aliphatic heterocycles. The first-order chi connectivity index (χ1) is 22.9. The van der Waals surface area contributed by atoms with E-state index in [1.165, 1.54) is 12.1 Å². The first kappa shape index (κ1) is 31.2. The van der Waals surface area contributed by atoms with Gasteiger partial charge in [0, 0.05) is 33.9 Å². The summed E-state index contributed by atoms with van der Waals surface area (Å²) in [5, 5.41) is -3.22. The molecule has 0 spiro atoms. The van der Waals surface area contributed by atoms with E-state index < -0.39 is 133 Å². The normalized spacial score (nSPS) is 12.0. The second-order valence-corrected chi connectivity index (χ2v) is 10.5. The SMILES string of the molecule is Fc1cccc2c1-c1c(F)c(F)c(F)c(OB(Oc3ccc(F)c4c(F)c(F)ccc34)Oc3cccc4c(F)c(F)c(F)c(F)c34)c1C2. The van der Waals surface area contributed by atoms with Gasteiger partial charge in [-0.1, -0.05) is 24.3 Å². The largest absolute Gasteiger partial charge is 0.864 e. The van der Waals surface area contributed by atoms with Crippen LogP contribution >= 0.6 is 0 Å². The van der Waals surface area contributed by atoms with Crippen molar-refractivity contribution >= 4 is 28.9 Å². The van der Waals surface area contributed by atoms with E-state index in [1.807, 2.05) is 0 Å². The van der Waals surface area contributed by atoms with Gasteiger partial charge in [-0.3, -0.25) is 0 Å². The molecule has 0 atom stereocenters. The second kappa shape index (κ2) is 11.4. The Morgan fingerprint density at radius 2 is 1.10 bits per heavy atom. The highest BCUT2D eigenvalue weighted by Gasteiger charge is 2.40. The van der Waals surface area contributed by atoms with Crippen LogP contribution in [0.15, 0.2) is 60.7 Å². The van der Waals surface area contributed by atoms with Crippen molar-refractivity contribution in [3.8, 4) is 28.4 Å². The van der Waals surface area contributed by atoms with Crippen molar-refractivity contribution in [2.45, 2.75) is 6.42 Å². The molecular formula is C33H12BF11O3. The Balaban J connectivity index is 1.41. The van der Waals surface area contributed by atoms with Crippen molar-refractivity contribution in [2.24, 2.45) is 0 Å². The summed E-state index contributed by atoms with van der Waals surface area (Å²) in [5.74, 6) is -21.8. The van der Waals surface area contributed by atoms with Crippen molar-refractivity contribution in [2.75, 3.05) is 0 Å². The van der Waals surface area contributed by atoms with E-state index in [0.29, 0.717) is 12.1 Å². The van der Waals surface area contributed by atoms with Crippen molar-refractivity contribution in [3.05, 3.63) is 136 Å². The molecule has 0 amide bonds. The number of halogens is 11. The van der Waals surface area contributed by atoms with E-state index in [9.17, 15) is 35.1 Å². The number of hydrogen-bond acceptors (Lipinski definition) is 3. The van der Waals surface area contributed by atoms with Crippen LogP contribution in [-0.2, 0) is 6.42 Å². The maximum absolute atomic E-state index is 15.5. The zero-order chi connectivity index (χ0) is 34.2. The Morgan fingerprint density at radius 3 is 1.88 bits per heavy atom. The fourth-order valence-electron chi connectivity index (χ4n) is 5.67. The predicted octanol–water partition coefficient (Wildman–Crippen LogP) is 9.62. The molecule has 0 N–H and O–H groups in total. The van der Waals surface area contributed by atoms with Crippen molar-refractivity contribution < 1.29 is 62.3 Å². The summed E-state index contributed by atoms with van der Waals surface area (Å²) in [6, 6.07) is 9.31. The molecule has 1 aliphatic rings. The van der Waals surface area contributed by atoms with E-state index in [4.69, 9.17) is 14.0 Å². The van der Waals surface area contributed by atoms with E-state index in [1.54, 1.807) is 0 Å². The van der Waals surface area contributed by atoms with E-state index in [0.717, 1.165) is 36.4 Å². The molecule has 6 aromatic carbocycles. The summed E-state index contributed by atoms with van der Waals surface area (Å²) in [7, 11) is -2.51. The molecule has 15 heteroatoms. The highest BCUT2D eigenvalue weighted by molar-refractivity contribution is 6.40. The summed E-state index contributed by atoms with van der Waals surface area (Å²) >= 11 is 0. The molecule has 0 bridgehead atoms. The summed E-state index contributed by atoms with van der Waals surface area (Å²) in [4.78, 5) is 0. The van der Waals surface area contributed by atoms with Crippen LogP contribution in [0.2, 0.25) is 0 Å². The Labute approximate surface area is 261 Å². The van der Waals surface area contributed by atoms with Gasteiger partial charge in [0.2, 0.25) is 5.82 Å². The monoisotopic (exact) mass is 676 g/mol. The second-order valence-electron chi connectivity index (χ2n) is 10.5. The molecular weight excluding hydrogens is 664 g/mol. The Hall–Kier alpha value is -5.47. The smallest absolute Gasteiger partial charge is 0.489 e. The van der Waals surface area contributed by atoms with E-state index in [-0.39, 0.29) is 5.56 Å². The Kier molecular flexibility index (Phi) is 7.37. The third-order valence-corrected chi connectivity index (χ3v) is 7.80. The minimum absolute atomic E-state index is 0.100. The lowest BCUT2D eigenvalue weighted by Crippen LogP contribution is -2.38. The van der Waals surface area contributed by atoms with Crippen LogP contribution in [0.3, 0.4) is 0 Å². The average molecular weight is 676 g/mol. The number of fused-ring (bicyclic) bond motifs is 5. The van der Waals surface area contributed by atoms with Gasteiger partial charge < -0.3 is 14.0 Å². The Morgan fingerprint density at radius 1 is 0.438 bits per heavy atom. The fourth-order valence-corrected chi connectivity index (χ4v) is 5.67. The minimum atomic E-state index is -2.51. The van der Waals surface area contributed by atoms with Crippen molar-refractivity contribution in [1.29, 1.82) is 0 Å². The molecule has 0 aromatic heterocycles. The maximum atomic E-state index is 15.5. The summed E-state index contributed by atoms with van der Waals surface area (Å²) in [6.45, 7) is 0. The van der Waals surface area contributed by atoms with Gasteiger partial charge in [-0.05, 0) is 42.0 Å². The van der Waals surface area contributed by atoms with Gasteiger partial charge in [-0.25, -0.2) is 43.9 Å². The summed E-state index contributed by atoms with van der Waals surface area (Å²) in [6.07, 6.45) is -0.416. The first-order valence-electron chi connectivity index (χ1n) is 13.7. The molecule has 7 rings (SSSR count). The molecule has 0 saturated carbocycles. The Bertz CT molecular complexity index is 2350. The molecule has 3 nitrogen and oxygen atoms in total. The molecule has 0 heterocycles. The van der Waals surface area contributed by atoms with E-state index >= 15 is 13.2 Å². The fraction of sp³-hybridized carbons (Fsp3) is 0.0303. The lowest BCUT2D eigenvalue weighted by atomic mass is 10.0. The van der Waals surface area contributed by atoms with Gasteiger partial charge in [0.25, 0.3) is 0 Å². The number of rotatable bonds is 6. The molecule has 48 heavy (non-hydrogen) atoms. The lowest BCUT2D eigenvalue weighted by molar-refractivity contribution is 0.296. The van der Waals surface area contributed by atoms with Crippen LogP contribution in [0.4, 0.5) is 48.3 Å². The zero-order valence-electron chi connectivity index (χ0n) is 23.4. The van der Waals surface area contributed by atoms with Crippen LogP contribution in [0.1, 0.15) is 11.1 Å². The molecule has 0 fully saturated rings. The van der Waals surface area contributed by atoms with Crippen LogP contribution in [0.5, 0.6) is 17.2 Å². The average Bonchev–Trinajstić information content (AvgIpc) is 3.47. The molecule has 242 valence electrons. The minimum Gasteiger partial charge on any atom is -0.489 e. The van der Waals surface area contributed by atoms with Gasteiger partial charge in [0.1, 0.15) is 28.9 Å². The molecule has 0 radical (unpaired) electrons. The van der Waals surface area contributed by atoms with Crippen LogP contribution in [-0.4, -0.2) is 7.32 Å². The van der Waals surface area contributed by atoms with Gasteiger partial charge >= 0.3 is 7.32 Å². The zero-order valence-corrected chi connectivity index (χ0v) is 23.4. The van der Waals surface area contributed by atoms with Gasteiger partial charge in [-0.15, -0.1) is 0 Å². The molecule has 0 unspecified atom stereocenters. The quantitative estimate of drug-likeness (QED) is 0.0761. The predicted molar refractivity (Wildman–Crippen MR) is 150 cm³/mol.